The number of nitrogens with one attached hydrogen (secondary N) is 2. The fourth-order valence-corrected chi connectivity index (χ4v) is 1.81. The van der Waals surface area contributed by atoms with Crippen LogP contribution in [-0.2, 0) is 11.3 Å². The number of ether oxygens (including phenoxy) is 1. The predicted octanol–water partition coefficient (Wildman–Crippen LogP) is 2.82. The lowest BCUT2D eigenvalue weighted by Gasteiger charge is -2.12. The largest absolute Gasteiger partial charge is 0.382 e. The first-order valence-electron chi connectivity index (χ1n) is 7.03. The summed E-state index contributed by atoms with van der Waals surface area (Å²) in [5.74, 6) is 0.816. The van der Waals surface area contributed by atoms with Crippen LogP contribution < -0.4 is 10.6 Å². The second kappa shape index (κ2) is 10.5. The number of hydrogen-bond donors (Lipinski definition) is 2. The third-order valence-corrected chi connectivity index (χ3v) is 3.06. The highest BCUT2D eigenvalue weighted by atomic mass is 35.5. The Balaban J connectivity index is 2.18. The zero-order valence-corrected chi connectivity index (χ0v) is 13.0. The van der Waals surface area contributed by atoms with Gasteiger partial charge in [-0.15, -0.1) is 0 Å². The van der Waals surface area contributed by atoms with Crippen molar-refractivity contribution in [2.24, 2.45) is 4.99 Å². The van der Waals surface area contributed by atoms with Gasteiger partial charge in [0, 0.05) is 38.4 Å². The van der Waals surface area contributed by atoms with Crippen LogP contribution in [0.4, 0.5) is 0 Å². The van der Waals surface area contributed by atoms with Crippen molar-refractivity contribution < 1.29 is 4.74 Å². The van der Waals surface area contributed by atoms with Crippen molar-refractivity contribution in [3.8, 4) is 0 Å². The van der Waals surface area contributed by atoms with Gasteiger partial charge in [-0.2, -0.15) is 0 Å². The molecule has 0 atom stereocenters. The normalized spacial score (nSPS) is 11.4. The van der Waals surface area contributed by atoms with Crippen LogP contribution in [-0.4, -0.2) is 32.8 Å². The Labute approximate surface area is 126 Å². The molecule has 0 saturated heterocycles. The van der Waals surface area contributed by atoms with Gasteiger partial charge >= 0.3 is 0 Å². The van der Waals surface area contributed by atoms with Crippen molar-refractivity contribution >= 4 is 17.6 Å². The predicted molar refractivity (Wildman–Crippen MR) is 85.4 cm³/mol. The zero-order valence-electron chi connectivity index (χ0n) is 12.3. The molecule has 1 aromatic carbocycles. The van der Waals surface area contributed by atoms with E-state index in [1.807, 2.05) is 31.2 Å². The van der Waals surface area contributed by atoms with Crippen LogP contribution in [0.5, 0.6) is 0 Å². The smallest absolute Gasteiger partial charge is 0.191 e. The molecule has 1 aromatic rings. The summed E-state index contributed by atoms with van der Waals surface area (Å²) in [5.41, 5.74) is 1.17. The fraction of sp³-hybridized carbons (Fsp3) is 0.533. The average Bonchev–Trinajstić information content (AvgIpc) is 2.47. The monoisotopic (exact) mass is 297 g/mol. The van der Waals surface area contributed by atoms with E-state index in [1.165, 1.54) is 5.56 Å². The highest BCUT2D eigenvalue weighted by Gasteiger charge is 1.98. The maximum absolute atomic E-state index is 5.86. The van der Waals surface area contributed by atoms with Gasteiger partial charge in [0.25, 0.3) is 0 Å². The summed E-state index contributed by atoms with van der Waals surface area (Å²) in [4.78, 5) is 4.19. The second-order valence-electron chi connectivity index (χ2n) is 4.38. The average molecular weight is 298 g/mol. The molecule has 0 aliphatic rings. The van der Waals surface area contributed by atoms with Crippen molar-refractivity contribution in [1.82, 2.24) is 10.6 Å². The van der Waals surface area contributed by atoms with Gasteiger partial charge in [0.05, 0.1) is 0 Å². The highest BCUT2D eigenvalue weighted by molar-refractivity contribution is 6.30. The molecule has 0 fully saturated rings. The number of halogens is 1. The third-order valence-electron chi connectivity index (χ3n) is 2.81. The Morgan fingerprint density at radius 3 is 2.60 bits per heavy atom. The van der Waals surface area contributed by atoms with Gasteiger partial charge in [-0.05, 0) is 37.5 Å². The van der Waals surface area contributed by atoms with Gasteiger partial charge in [0.15, 0.2) is 5.96 Å². The molecule has 1 rings (SSSR count). The van der Waals surface area contributed by atoms with Crippen LogP contribution in [0.3, 0.4) is 0 Å². The summed E-state index contributed by atoms with van der Waals surface area (Å²) in [7, 11) is 1.78. The fourth-order valence-electron chi connectivity index (χ4n) is 1.69. The Hall–Kier alpha value is -1.26. The molecule has 20 heavy (non-hydrogen) atoms. The van der Waals surface area contributed by atoms with Gasteiger partial charge in [0.2, 0.25) is 0 Å². The van der Waals surface area contributed by atoms with Crippen LogP contribution in [0.2, 0.25) is 5.02 Å². The lowest BCUT2D eigenvalue weighted by atomic mass is 10.2. The van der Waals surface area contributed by atoms with E-state index in [-0.39, 0.29) is 0 Å². The first-order chi connectivity index (χ1) is 9.76. The molecule has 2 N–H and O–H groups in total. The van der Waals surface area contributed by atoms with E-state index in [2.05, 4.69) is 15.6 Å². The molecule has 0 heterocycles. The maximum Gasteiger partial charge on any atom is 0.191 e. The molecule has 0 saturated carbocycles. The van der Waals surface area contributed by atoms with E-state index in [0.717, 1.165) is 50.1 Å². The molecule has 0 amide bonds. The van der Waals surface area contributed by atoms with E-state index in [0.29, 0.717) is 0 Å². The Kier molecular flexibility index (Phi) is 8.83. The minimum Gasteiger partial charge on any atom is -0.382 e. The van der Waals surface area contributed by atoms with Gasteiger partial charge in [-0.25, -0.2) is 0 Å². The number of nitrogens with zero attached hydrogens (tertiary/aromatic N) is 1. The van der Waals surface area contributed by atoms with Crippen LogP contribution in [0.15, 0.2) is 29.3 Å². The lowest BCUT2D eigenvalue weighted by molar-refractivity contribution is 0.143. The Bertz CT molecular complexity index is 393. The summed E-state index contributed by atoms with van der Waals surface area (Å²) in [6.07, 6.45) is 2.14. The molecule has 0 bridgehead atoms. The molecule has 0 aromatic heterocycles. The molecular formula is C15H24ClN3O. The first kappa shape index (κ1) is 16.8. The van der Waals surface area contributed by atoms with Crippen LogP contribution in [0, 0.1) is 0 Å². The summed E-state index contributed by atoms with van der Waals surface area (Å²) < 4.78 is 5.30. The number of aliphatic imine (C=N–C) groups is 1. The minimum atomic E-state index is 0.732. The molecular weight excluding hydrogens is 274 g/mol. The summed E-state index contributed by atoms with van der Waals surface area (Å²) in [6, 6.07) is 7.79. The molecule has 0 aliphatic carbocycles. The van der Waals surface area contributed by atoms with Crippen molar-refractivity contribution in [3.63, 3.8) is 0 Å². The zero-order chi connectivity index (χ0) is 14.6. The topological polar surface area (TPSA) is 45.6 Å². The Morgan fingerprint density at radius 1 is 1.20 bits per heavy atom. The van der Waals surface area contributed by atoms with Gasteiger partial charge in [-0.1, -0.05) is 23.7 Å². The van der Waals surface area contributed by atoms with Crippen molar-refractivity contribution in [2.45, 2.75) is 26.3 Å². The molecule has 0 unspecified atom stereocenters. The van der Waals surface area contributed by atoms with Crippen LogP contribution in [0.1, 0.15) is 25.3 Å². The van der Waals surface area contributed by atoms with Crippen LogP contribution >= 0.6 is 11.6 Å². The van der Waals surface area contributed by atoms with Crippen molar-refractivity contribution in [3.05, 3.63) is 34.9 Å². The molecule has 5 heteroatoms. The van der Waals surface area contributed by atoms with E-state index in [1.54, 1.807) is 7.05 Å². The highest BCUT2D eigenvalue weighted by Crippen LogP contribution is 2.08. The molecule has 4 nitrogen and oxygen atoms in total. The summed E-state index contributed by atoms with van der Waals surface area (Å²) >= 11 is 5.86. The summed E-state index contributed by atoms with van der Waals surface area (Å²) in [6.45, 7) is 5.26. The molecule has 0 radical (unpaired) electrons. The number of benzene rings is 1. The van der Waals surface area contributed by atoms with E-state index >= 15 is 0 Å². The molecule has 0 aliphatic heterocycles. The van der Waals surface area contributed by atoms with Gasteiger partial charge in [-0.3, -0.25) is 4.99 Å². The van der Waals surface area contributed by atoms with E-state index < -0.39 is 0 Å². The van der Waals surface area contributed by atoms with E-state index in [9.17, 15) is 0 Å². The third kappa shape index (κ3) is 7.36. The van der Waals surface area contributed by atoms with Crippen molar-refractivity contribution in [1.29, 1.82) is 0 Å². The first-order valence-corrected chi connectivity index (χ1v) is 7.40. The molecule has 112 valence electrons. The standard InChI is InChI=1S/C15H24ClN3O/c1-3-20-11-5-4-10-18-15(17-2)19-12-13-6-8-14(16)9-7-13/h6-9H,3-5,10-12H2,1-2H3,(H2,17,18,19). The SMILES string of the molecule is CCOCCCCNC(=NC)NCc1ccc(Cl)cc1. The number of guanidine groups is 1. The van der Waals surface area contributed by atoms with E-state index in [4.69, 9.17) is 16.3 Å². The quantitative estimate of drug-likeness (QED) is 0.441. The molecule has 0 spiro atoms. The second-order valence-corrected chi connectivity index (χ2v) is 4.82. The maximum atomic E-state index is 5.86. The van der Waals surface area contributed by atoms with Gasteiger partial charge < -0.3 is 15.4 Å². The van der Waals surface area contributed by atoms with Crippen LogP contribution in [0.25, 0.3) is 0 Å². The van der Waals surface area contributed by atoms with Crippen molar-refractivity contribution in [2.75, 3.05) is 26.8 Å². The minimum absolute atomic E-state index is 0.732. The number of unbranched alkanes of at least 4 members (excludes halogenated alkanes) is 1. The van der Waals surface area contributed by atoms with Gasteiger partial charge in [0.1, 0.15) is 0 Å². The number of hydrogen-bond acceptors (Lipinski definition) is 2. The lowest BCUT2D eigenvalue weighted by Crippen LogP contribution is -2.37. The number of rotatable bonds is 8. The Morgan fingerprint density at radius 2 is 1.95 bits per heavy atom. The summed E-state index contributed by atoms with van der Waals surface area (Å²) in [5, 5.41) is 7.31.